The summed E-state index contributed by atoms with van der Waals surface area (Å²) in [5.41, 5.74) is 1.86. The van der Waals surface area contributed by atoms with Gasteiger partial charge in [0.1, 0.15) is 0 Å². The Morgan fingerprint density at radius 3 is 2.57 bits per heavy atom. The van der Waals surface area contributed by atoms with E-state index in [-0.39, 0.29) is 23.4 Å². The van der Waals surface area contributed by atoms with E-state index < -0.39 is 10.0 Å². The van der Waals surface area contributed by atoms with Crippen LogP contribution in [0.5, 0.6) is 0 Å². The van der Waals surface area contributed by atoms with Gasteiger partial charge in [0.05, 0.1) is 18.0 Å². The third-order valence-corrected chi connectivity index (χ3v) is 7.07. The molecule has 1 atom stereocenters. The van der Waals surface area contributed by atoms with Crippen molar-refractivity contribution in [3.8, 4) is 0 Å². The van der Waals surface area contributed by atoms with E-state index in [9.17, 15) is 18.0 Å². The lowest BCUT2D eigenvalue weighted by molar-refractivity contribution is -0.137. The predicted molar refractivity (Wildman–Crippen MR) is 103 cm³/mol. The van der Waals surface area contributed by atoms with Gasteiger partial charge in [0.15, 0.2) is 5.65 Å². The average molecular weight is 407 g/mol. The quantitative estimate of drug-likeness (QED) is 0.804. The van der Waals surface area contributed by atoms with Gasteiger partial charge < -0.3 is 4.90 Å². The van der Waals surface area contributed by atoms with Crippen LogP contribution in [0.15, 0.2) is 16.9 Å². The molecule has 2 fully saturated rings. The fourth-order valence-corrected chi connectivity index (χ4v) is 5.20. The highest BCUT2D eigenvalue weighted by atomic mass is 32.2. The maximum Gasteiger partial charge on any atom is 0.272 e. The van der Waals surface area contributed by atoms with Gasteiger partial charge in [-0.05, 0) is 32.6 Å². The number of hydrogen-bond acceptors (Lipinski definition) is 5. The molecule has 9 nitrogen and oxygen atoms in total. The monoisotopic (exact) mass is 407 g/mol. The molecule has 4 rings (SSSR count). The van der Waals surface area contributed by atoms with E-state index in [0.717, 1.165) is 18.5 Å². The molecule has 1 unspecified atom stereocenters. The van der Waals surface area contributed by atoms with Crippen molar-refractivity contribution in [2.24, 2.45) is 5.92 Å². The van der Waals surface area contributed by atoms with E-state index in [0.29, 0.717) is 43.8 Å². The summed E-state index contributed by atoms with van der Waals surface area (Å²) in [5.74, 6) is -0.0862. The van der Waals surface area contributed by atoms with Crippen molar-refractivity contribution in [3.05, 3.63) is 33.9 Å². The van der Waals surface area contributed by atoms with Gasteiger partial charge in [-0.15, -0.1) is 0 Å². The number of sulfonamides is 1. The third kappa shape index (κ3) is 3.46. The van der Waals surface area contributed by atoms with E-state index >= 15 is 0 Å². The van der Waals surface area contributed by atoms with Gasteiger partial charge in [-0.3, -0.25) is 14.7 Å². The zero-order chi connectivity index (χ0) is 20.1. The number of nitrogens with zero attached hydrogens (tertiary/aromatic N) is 4. The van der Waals surface area contributed by atoms with Crippen LogP contribution in [0.1, 0.15) is 43.1 Å². The number of nitrogens with one attached hydrogen (secondary N) is 1. The molecule has 2 aliphatic rings. The second kappa shape index (κ2) is 7.00. The number of aryl methyl sites for hydroxylation is 1. The highest BCUT2D eigenvalue weighted by Gasteiger charge is 2.37. The number of piperidine rings is 1. The molecule has 2 saturated heterocycles. The Kier molecular flexibility index (Phi) is 4.78. The van der Waals surface area contributed by atoms with Crippen LogP contribution in [0.3, 0.4) is 0 Å². The molecule has 0 spiro atoms. The van der Waals surface area contributed by atoms with Gasteiger partial charge in [0.2, 0.25) is 15.9 Å². The minimum atomic E-state index is -3.21. The molecule has 28 heavy (non-hydrogen) atoms. The molecule has 2 aliphatic heterocycles. The summed E-state index contributed by atoms with van der Waals surface area (Å²) in [6.45, 7) is 3.23. The Morgan fingerprint density at radius 1 is 1.18 bits per heavy atom. The molecule has 0 radical (unpaired) electrons. The lowest BCUT2D eigenvalue weighted by Gasteiger charge is -2.33. The van der Waals surface area contributed by atoms with Crippen LogP contribution in [-0.2, 0) is 14.8 Å². The Morgan fingerprint density at radius 2 is 1.89 bits per heavy atom. The van der Waals surface area contributed by atoms with Gasteiger partial charge in [-0.1, -0.05) is 0 Å². The number of fused-ring (bicyclic) bond motifs is 1. The molecular formula is C18H25N5O4S. The van der Waals surface area contributed by atoms with Crippen LogP contribution < -0.4 is 5.56 Å². The van der Waals surface area contributed by atoms with Gasteiger partial charge in [-0.25, -0.2) is 22.2 Å². The van der Waals surface area contributed by atoms with Gasteiger partial charge >= 0.3 is 0 Å². The van der Waals surface area contributed by atoms with Crippen molar-refractivity contribution in [3.63, 3.8) is 0 Å². The number of carbonyl (C=O) groups is 1. The molecule has 2 aromatic heterocycles. The van der Waals surface area contributed by atoms with Crippen molar-refractivity contribution in [1.29, 1.82) is 0 Å². The first-order valence-corrected chi connectivity index (χ1v) is 11.4. The molecular weight excluding hydrogens is 382 g/mol. The SMILES string of the molecule is Cc1cc(=O)n2[nH]c(C3CCCN3C(=O)C3CCN(S(C)(=O)=O)CC3)cc2n1. The van der Waals surface area contributed by atoms with Crippen LogP contribution >= 0.6 is 0 Å². The van der Waals surface area contributed by atoms with Crippen molar-refractivity contribution in [2.75, 3.05) is 25.9 Å². The molecule has 152 valence electrons. The van der Waals surface area contributed by atoms with Crippen molar-refractivity contribution in [1.82, 2.24) is 23.8 Å². The number of rotatable bonds is 3. The predicted octanol–water partition coefficient (Wildman–Crippen LogP) is 0.666. The number of H-pyrrole nitrogens is 1. The summed E-state index contributed by atoms with van der Waals surface area (Å²) in [5, 5.41) is 3.11. The molecule has 1 amide bonds. The first-order valence-electron chi connectivity index (χ1n) is 9.59. The number of carbonyl (C=O) groups excluding carboxylic acids is 1. The van der Waals surface area contributed by atoms with Gasteiger partial charge in [0.25, 0.3) is 5.56 Å². The summed E-state index contributed by atoms with van der Waals surface area (Å²) < 4.78 is 26.2. The Hall–Kier alpha value is -2.20. The second-order valence-electron chi connectivity index (χ2n) is 7.77. The fraction of sp³-hybridized carbons (Fsp3) is 0.611. The average Bonchev–Trinajstić information content (AvgIpc) is 3.27. The first-order chi connectivity index (χ1) is 13.2. The lowest BCUT2D eigenvalue weighted by Crippen LogP contribution is -2.44. The summed E-state index contributed by atoms with van der Waals surface area (Å²) in [6, 6.07) is 3.21. The maximum absolute atomic E-state index is 13.1. The number of hydrogen-bond donors (Lipinski definition) is 1. The van der Waals surface area contributed by atoms with Gasteiger partial charge in [0, 0.05) is 43.4 Å². The Labute approximate surface area is 163 Å². The minimum Gasteiger partial charge on any atom is -0.334 e. The van der Waals surface area contributed by atoms with Crippen molar-refractivity contribution < 1.29 is 13.2 Å². The fourth-order valence-electron chi connectivity index (χ4n) is 4.32. The third-order valence-electron chi connectivity index (χ3n) is 5.77. The summed E-state index contributed by atoms with van der Waals surface area (Å²) in [6.07, 6.45) is 4.02. The van der Waals surface area contributed by atoms with Crippen molar-refractivity contribution >= 4 is 21.6 Å². The molecule has 1 N–H and O–H groups in total. The number of aromatic nitrogens is 3. The molecule has 2 aromatic rings. The van der Waals surface area contributed by atoms with Crippen molar-refractivity contribution in [2.45, 2.75) is 38.6 Å². The largest absolute Gasteiger partial charge is 0.334 e. The summed E-state index contributed by atoms with van der Waals surface area (Å²) in [4.78, 5) is 31.6. The summed E-state index contributed by atoms with van der Waals surface area (Å²) >= 11 is 0. The zero-order valence-electron chi connectivity index (χ0n) is 16.1. The standard InChI is InChI=1S/C18H25N5O4S/c1-12-10-17(24)23-16(19-12)11-14(20-23)15-4-3-7-22(15)18(25)13-5-8-21(9-6-13)28(2,26)27/h10-11,13,15,20H,3-9H2,1-2H3. The van der Waals surface area contributed by atoms with Crippen LogP contribution in [0.2, 0.25) is 0 Å². The highest BCUT2D eigenvalue weighted by molar-refractivity contribution is 7.88. The van der Waals surface area contributed by atoms with Crippen LogP contribution in [-0.4, -0.2) is 64.0 Å². The molecule has 0 bridgehead atoms. The molecule has 10 heteroatoms. The van der Waals surface area contributed by atoms with Gasteiger partial charge in [-0.2, -0.15) is 0 Å². The van der Waals surface area contributed by atoms with Crippen LogP contribution in [0.25, 0.3) is 5.65 Å². The second-order valence-corrected chi connectivity index (χ2v) is 9.75. The smallest absolute Gasteiger partial charge is 0.272 e. The number of likely N-dealkylation sites (tertiary alicyclic amines) is 1. The molecule has 0 aromatic carbocycles. The topological polar surface area (TPSA) is 108 Å². The summed E-state index contributed by atoms with van der Waals surface area (Å²) in [7, 11) is -3.21. The Balaban J connectivity index is 1.53. The van der Waals surface area contributed by atoms with E-state index in [1.807, 2.05) is 11.0 Å². The molecule has 4 heterocycles. The van der Waals surface area contributed by atoms with Crippen LogP contribution in [0.4, 0.5) is 0 Å². The van der Waals surface area contributed by atoms with E-state index in [1.54, 1.807) is 6.92 Å². The lowest BCUT2D eigenvalue weighted by atomic mass is 9.96. The van der Waals surface area contributed by atoms with E-state index in [2.05, 4.69) is 10.1 Å². The minimum absolute atomic E-state index is 0.0748. The highest BCUT2D eigenvalue weighted by Crippen LogP contribution is 2.34. The molecule has 0 saturated carbocycles. The normalized spacial score (nSPS) is 22.2. The number of aromatic amines is 1. The first kappa shape index (κ1) is 19.1. The maximum atomic E-state index is 13.1. The Bertz CT molecular complexity index is 1070. The van der Waals surface area contributed by atoms with E-state index in [1.165, 1.54) is 21.1 Å². The number of amides is 1. The molecule has 0 aliphatic carbocycles. The van der Waals surface area contributed by atoms with E-state index in [4.69, 9.17) is 0 Å². The van der Waals surface area contributed by atoms with Crippen LogP contribution in [0, 0.1) is 12.8 Å². The zero-order valence-corrected chi connectivity index (χ0v) is 16.9.